The number of rotatable bonds is 14. The number of benzene rings is 1. The van der Waals surface area contributed by atoms with Gasteiger partial charge in [-0.1, -0.05) is 101 Å². The molecule has 0 aliphatic heterocycles. The molecule has 1 aromatic carbocycles. The second-order valence-electron chi connectivity index (χ2n) is 6.92. The van der Waals surface area contributed by atoms with Gasteiger partial charge in [-0.25, -0.2) is 0 Å². The number of hydrogen-bond donors (Lipinski definition) is 0. The van der Waals surface area contributed by atoms with Crippen LogP contribution in [0.15, 0.2) is 35.9 Å². The van der Waals surface area contributed by atoms with Crippen molar-refractivity contribution in [1.82, 2.24) is 0 Å². The molecule has 0 radical (unpaired) electrons. The smallest absolute Gasteiger partial charge is 0.155 e. The number of unbranched alkanes of at least 4 members (excludes halogenated alkanes) is 10. The molecule has 1 nitrogen and oxygen atoms in total. The van der Waals surface area contributed by atoms with Crippen molar-refractivity contribution < 1.29 is 45.6 Å². The Labute approximate surface area is 189 Å². The van der Waals surface area contributed by atoms with Gasteiger partial charge in [0.1, 0.15) is 0 Å². The molecule has 1 rings (SSSR count). The van der Waals surface area contributed by atoms with Crippen LogP contribution in [0.4, 0.5) is 0 Å². The third-order valence-electron chi connectivity index (χ3n) is 4.64. The van der Waals surface area contributed by atoms with E-state index in [9.17, 15) is 4.79 Å². The van der Waals surface area contributed by atoms with Crippen molar-refractivity contribution in [2.75, 3.05) is 0 Å². The minimum Gasteiger partial charge on any atom is -0.295 e. The quantitative estimate of drug-likeness (QED) is 0.137. The Bertz CT molecular complexity index is 468. The van der Waals surface area contributed by atoms with Gasteiger partial charge in [-0.2, -0.15) is 0 Å². The molecule has 0 aliphatic carbocycles. The normalized spacial score (nSPS) is 10.8. The van der Waals surface area contributed by atoms with E-state index in [1.165, 1.54) is 64.2 Å². The fourth-order valence-corrected chi connectivity index (χ4v) is 3.08. The average Bonchev–Trinajstić information content (AvgIpc) is 2.59. The number of carbonyl (C=O) groups is 1. The van der Waals surface area contributed by atoms with Crippen LogP contribution in [0, 0.1) is 0 Å². The molecule has 0 aromatic heterocycles. The standard InChI is InChI=1S/C23H36O.2Pd/c1-3-4-5-6-7-8-9-10-11-12-16-19-23(21(2)24)20-22-17-14-13-15-18-22;;/h13-15,17-18,20H,3-12,16,19H2,1-2H3;;. The number of ketones is 1. The van der Waals surface area contributed by atoms with Crippen LogP contribution in [-0.4, -0.2) is 5.78 Å². The zero-order valence-electron chi connectivity index (χ0n) is 16.5. The Morgan fingerprint density at radius 2 is 1.23 bits per heavy atom. The van der Waals surface area contributed by atoms with Crippen molar-refractivity contribution in [1.29, 1.82) is 0 Å². The van der Waals surface area contributed by atoms with Gasteiger partial charge in [0.05, 0.1) is 0 Å². The summed E-state index contributed by atoms with van der Waals surface area (Å²) in [6.45, 7) is 3.96. The zero-order chi connectivity index (χ0) is 17.5. The summed E-state index contributed by atoms with van der Waals surface area (Å²) in [6.07, 6.45) is 17.8. The first kappa shape index (κ1) is 28.2. The Kier molecular flexibility index (Phi) is 21.4. The first-order chi connectivity index (χ1) is 11.7. The van der Waals surface area contributed by atoms with Crippen LogP contribution < -0.4 is 0 Å². The van der Waals surface area contributed by atoms with Crippen molar-refractivity contribution >= 4 is 11.9 Å². The number of carbonyl (C=O) groups excluding carboxylic acids is 1. The molecule has 0 bridgehead atoms. The van der Waals surface area contributed by atoms with Crippen LogP contribution in [-0.2, 0) is 45.6 Å². The number of hydrogen-bond acceptors (Lipinski definition) is 1. The van der Waals surface area contributed by atoms with E-state index >= 15 is 0 Å². The zero-order valence-corrected chi connectivity index (χ0v) is 19.6. The van der Waals surface area contributed by atoms with Gasteiger partial charge in [-0.15, -0.1) is 0 Å². The van der Waals surface area contributed by atoms with Crippen LogP contribution in [0.1, 0.15) is 96.5 Å². The molecule has 0 amide bonds. The molecule has 1 aromatic rings. The van der Waals surface area contributed by atoms with E-state index in [0.717, 1.165) is 24.0 Å². The van der Waals surface area contributed by atoms with Gasteiger partial charge in [0, 0.05) is 40.8 Å². The predicted molar refractivity (Wildman–Crippen MR) is 106 cm³/mol. The molecule has 0 saturated heterocycles. The van der Waals surface area contributed by atoms with Crippen LogP contribution in [0.2, 0.25) is 0 Å². The molecular formula is C23H36OPd2. The molecule has 0 aliphatic rings. The second kappa shape index (κ2) is 19.7. The summed E-state index contributed by atoms with van der Waals surface area (Å²) in [5.74, 6) is 0.214. The molecule has 0 N–H and O–H groups in total. The SMILES string of the molecule is CCCCCCCCCCCCCC(=Cc1ccccc1)C(C)=O.[Pd].[Pd]. The molecular weight excluding hydrogens is 505 g/mol. The van der Waals surface area contributed by atoms with E-state index < -0.39 is 0 Å². The van der Waals surface area contributed by atoms with Crippen LogP contribution in [0.3, 0.4) is 0 Å². The van der Waals surface area contributed by atoms with Crippen molar-refractivity contribution in [2.45, 2.75) is 90.9 Å². The monoisotopic (exact) mass is 540 g/mol. The summed E-state index contributed by atoms with van der Waals surface area (Å²) in [7, 11) is 0. The Balaban J connectivity index is 0. The summed E-state index contributed by atoms with van der Waals surface area (Å²) < 4.78 is 0. The van der Waals surface area contributed by atoms with Gasteiger partial charge in [0.25, 0.3) is 0 Å². The Morgan fingerprint density at radius 3 is 1.69 bits per heavy atom. The largest absolute Gasteiger partial charge is 0.295 e. The van der Waals surface area contributed by atoms with Gasteiger partial charge in [-0.05, 0) is 37.0 Å². The average molecular weight is 541 g/mol. The molecule has 3 heteroatoms. The fourth-order valence-electron chi connectivity index (χ4n) is 3.08. The van der Waals surface area contributed by atoms with Gasteiger partial charge in [-0.3, -0.25) is 4.79 Å². The number of allylic oxidation sites excluding steroid dienone is 1. The second-order valence-corrected chi connectivity index (χ2v) is 6.92. The van der Waals surface area contributed by atoms with Gasteiger partial charge < -0.3 is 0 Å². The van der Waals surface area contributed by atoms with E-state index in [1.807, 2.05) is 18.2 Å². The van der Waals surface area contributed by atoms with E-state index in [0.29, 0.717) is 0 Å². The van der Waals surface area contributed by atoms with Crippen molar-refractivity contribution in [2.24, 2.45) is 0 Å². The summed E-state index contributed by atoms with van der Waals surface area (Å²) in [6, 6.07) is 10.2. The summed E-state index contributed by atoms with van der Waals surface area (Å²) >= 11 is 0. The summed E-state index contributed by atoms with van der Waals surface area (Å²) in [5.41, 5.74) is 2.10. The van der Waals surface area contributed by atoms with Crippen molar-refractivity contribution in [3.05, 3.63) is 41.5 Å². The molecule has 0 atom stereocenters. The van der Waals surface area contributed by atoms with Crippen molar-refractivity contribution in [3.63, 3.8) is 0 Å². The van der Waals surface area contributed by atoms with E-state index in [1.54, 1.807) is 6.92 Å². The predicted octanol–water partition coefficient (Wildman–Crippen LogP) is 7.36. The molecule has 0 fully saturated rings. The Hall–Kier alpha value is -0.0453. The topological polar surface area (TPSA) is 17.1 Å². The first-order valence-electron chi connectivity index (χ1n) is 10.0. The molecule has 0 unspecified atom stereocenters. The minimum absolute atomic E-state index is 0. The van der Waals surface area contributed by atoms with E-state index in [-0.39, 0.29) is 46.6 Å². The maximum Gasteiger partial charge on any atom is 0.155 e. The van der Waals surface area contributed by atoms with Crippen LogP contribution in [0.5, 0.6) is 0 Å². The fraction of sp³-hybridized carbons (Fsp3) is 0.609. The molecule has 154 valence electrons. The van der Waals surface area contributed by atoms with E-state index in [4.69, 9.17) is 0 Å². The van der Waals surface area contributed by atoms with Crippen molar-refractivity contribution in [3.8, 4) is 0 Å². The third kappa shape index (κ3) is 15.1. The van der Waals surface area contributed by atoms with Crippen LogP contribution in [0.25, 0.3) is 6.08 Å². The molecule has 26 heavy (non-hydrogen) atoms. The maximum atomic E-state index is 11.8. The number of Topliss-reactive ketones (excluding diaryl/α,β-unsaturated/α-hetero) is 1. The van der Waals surface area contributed by atoms with Gasteiger partial charge >= 0.3 is 0 Å². The van der Waals surface area contributed by atoms with Gasteiger partial charge in [0.2, 0.25) is 0 Å². The maximum absolute atomic E-state index is 11.8. The molecule has 0 heterocycles. The molecule has 0 spiro atoms. The third-order valence-corrected chi connectivity index (χ3v) is 4.64. The summed E-state index contributed by atoms with van der Waals surface area (Å²) in [4.78, 5) is 11.8. The Morgan fingerprint density at radius 1 is 0.769 bits per heavy atom. The van der Waals surface area contributed by atoms with Crippen LogP contribution >= 0.6 is 0 Å². The minimum atomic E-state index is 0. The van der Waals surface area contributed by atoms with Gasteiger partial charge in [0.15, 0.2) is 5.78 Å². The van der Waals surface area contributed by atoms with E-state index in [2.05, 4.69) is 25.1 Å². The summed E-state index contributed by atoms with van der Waals surface area (Å²) in [5, 5.41) is 0. The first-order valence-corrected chi connectivity index (χ1v) is 10.0. The molecule has 0 saturated carbocycles.